The molecule has 4 rings (SSSR count). The number of anilines is 1. The number of methoxy groups -OCH3 is 1. The molecule has 1 heterocycles. The lowest BCUT2D eigenvalue weighted by Crippen LogP contribution is -2.46. The van der Waals surface area contributed by atoms with Crippen molar-refractivity contribution in [1.29, 1.82) is 0 Å². The second-order valence-electron chi connectivity index (χ2n) is 6.94. The summed E-state index contributed by atoms with van der Waals surface area (Å²) in [5.41, 5.74) is 0.718. The van der Waals surface area contributed by atoms with Gasteiger partial charge in [-0.1, -0.05) is 6.07 Å². The number of hydrogen-bond acceptors (Lipinski definition) is 4. The van der Waals surface area contributed by atoms with Gasteiger partial charge in [0.15, 0.2) is 0 Å². The van der Waals surface area contributed by atoms with Crippen LogP contribution in [-0.2, 0) is 9.59 Å². The van der Waals surface area contributed by atoms with E-state index in [1.54, 1.807) is 24.3 Å². The molecule has 2 aliphatic rings. The molecule has 1 saturated carbocycles. The van der Waals surface area contributed by atoms with Crippen LogP contribution in [0.15, 0.2) is 48.5 Å². The minimum Gasteiger partial charge on any atom is -0.497 e. The van der Waals surface area contributed by atoms with Gasteiger partial charge in [0.2, 0.25) is 5.91 Å². The molecule has 0 spiro atoms. The summed E-state index contributed by atoms with van der Waals surface area (Å²) in [7, 11) is 1.52. The standard InChI is InChI=1S/C21H19FN2O4/c1-28-17-4-2-3-13(11-17)20(26)23(15-9-10-15)18-12-19(25)24(21(18)27)16-7-5-14(22)6-8-16/h2-8,11,15,18H,9-10,12H2,1H3. The van der Waals surface area contributed by atoms with Gasteiger partial charge in [-0.05, 0) is 55.3 Å². The van der Waals surface area contributed by atoms with Crippen LogP contribution in [0.3, 0.4) is 0 Å². The molecule has 144 valence electrons. The molecule has 1 saturated heterocycles. The predicted octanol–water partition coefficient (Wildman–Crippen LogP) is 2.77. The zero-order valence-electron chi connectivity index (χ0n) is 15.3. The zero-order chi connectivity index (χ0) is 19.8. The van der Waals surface area contributed by atoms with E-state index in [1.807, 2.05) is 0 Å². The van der Waals surface area contributed by atoms with Gasteiger partial charge in [0, 0.05) is 11.6 Å². The average molecular weight is 382 g/mol. The normalized spacial score (nSPS) is 19.1. The van der Waals surface area contributed by atoms with Crippen molar-refractivity contribution in [3.8, 4) is 5.75 Å². The maximum Gasteiger partial charge on any atom is 0.257 e. The van der Waals surface area contributed by atoms with Crippen LogP contribution >= 0.6 is 0 Å². The number of carbonyl (C=O) groups is 3. The Hall–Kier alpha value is -3.22. The van der Waals surface area contributed by atoms with Crippen molar-refractivity contribution in [2.24, 2.45) is 0 Å². The lowest BCUT2D eigenvalue weighted by molar-refractivity contribution is -0.122. The highest BCUT2D eigenvalue weighted by Gasteiger charge is 2.48. The van der Waals surface area contributed by atoms with E-state index < -0.39 is 23.7 Å². The van der Waals surface area contributed by atoms with E-state index in [-0.39, 0.29) is 18.4 Å². The fourth-order valence-corrected chi connectivity index (χ4v) is 3.51. The van der Waals surface area contributed by atoms with Crippen LogP contribution in [0.25, 0.3) is 0 Å². The average Bonchev–Trinajstić information content (AvgIpc) is 3.49. The summed E-state index contributed by atoms with van der Waals surface area (Å²) in [6.07, 6.45) is 1.51. The van der Waals surface area contributed by atoms with E-state index in [2.05, 4.69) is 0 Å². The molecule has 6 nitrogen and oxygen atoms in total. The monoisotopic (exact) mass is 382 g/mol. The SMILES string of the molecule is COc1cccc(C(=O)N(C2CC2)C2CC(=O)N(c3ccc(F)cc3)C2=O)c1. The second-order valence-corrected chi connectivity index (χ2v) is 6.94. The minimum atomic E-state index is -0.858. The second kappa shape index (κ2) is 7.07. The molecule has 1 unspecified atom stereocenters. The number of halogens is 1. The number of nitrogens with zero attached hydrogens (tertiary/aromatic N) is 2. The number of hydrogen-bond donors (Lipinski definition) is 0. The van der Waals surface area contributed by atoms with Crippen molar-refractivity contribution in [1.82, 2.24) is 4.90 Å². The largest absolute Gasteiger partial charge is 0.497 e. The Bertz CT molecular complexity index is 940. The Kier molecular flexibility index (Phi) is 4.58. The van der Waals surface area contributed by atoms with Gasteiger partial charge < -0.3 is 9.64 Å². The van der Waals surface area contributed by atoms with Gasteiger partial charge in [0.1, 0.15) is 17.6 Å². The summed E-state index contributed by atoms with van der Waals surface area (Å²) in [5, 5.41) is 0. The van der Waals surface area contributed by atoms with Crippen LogP contribution in [0.5, 0.6) is 5.75 Å². The number of imide groups is 1. The van der Waals surface area contributed by atoms with E-state index >= 15 is 0 Å². The van der Waals surface area contributed by atoms with Gasteiger partial charge in [-0.25, -0.2) is 9.29 Å². The Morgan fingerprint density at radius 2 is 1.86 bits per heavy atom. The Balaban J connectivity index is 1.63. The molecule has 2 aromatic rings. The molecular formula is C21H19FN2O4. The first-order valence-electron chi connectivity index (χ1n) is 9.08. The number of benzene rings is 2. The molecule has 1 atom stereocenters. The molecule has 2 aromatic carbocycles. The van der Waals surface area contributed by atoms with Crippen LogP contribution in [-0.4, -0.2) is 41.8 Å². The highest BCUT2D eigenvalue weighted by molar-refractivity contribution is 6.23. The maximum atomic E-state index is 13.2. The molecular weight excluding hydrogens is 363 g/mol. The smallest absolute Gasteiger partial charge is 0.257 e. The van der Waals surface area contributed by atoms with E-state index in [4.69, 9.17) is 4.74 Å². The Morgan fingerprint density at radius 3 is 2.50 bits per heavy atom. The fraction of sp³-hybridized carbons (Fsp3) is 0.286. The summed E-state index contributed by atoms with van der Waals surface area (Å²) in [6.45, 7) is 0. The van der Waals surface area contributed by atoms with Gasteiger partial charge in [-0.15, -0.1) is 0 Å². The summed E-state index contributed by atoms with van der Waals surface area (Å²) in [6, 6.07) is 11.0. The van der Waals surface area contributed by atoms with Gasteiger partial charge in [0.05, 0.1) is 19.2 Å². The first kappa shape index (κ1) is 18.2. The maximum absolute atomic E-state index is 13.2. The van der Waals surface area contributed by atoms with Crippen molar-refractivity contribution in [2.75, 3.05) is 12.0 Å². The lowest BCUT2D eigenvalue weighted by Gasteiger charge is -2.27. The van der Waals surface area contributed by atoms with Crippen molar-refractivity contribution in [3.63, 3.8) is 0 Å². The summed E-state index contributed by atoms with van der Waals surface area (Å²) < 4.78 is 18.4. The van der Waals surface area contributed by atoms with Crippen LogP contribution in [0, 0.1) is 5.82 Å². The summed E-state index contributed by atoms with van der Waals surface area (Å²) in [4.78, 5) is 41.3. The topological polar surface area (TPSA) is 66.9 Å². The fourth-order valence-electron chi connectivity index (χ4n) is 3.51. The van der Waals surface area contributed by atoms with E-state index in [0.29, 0.717) is 17.0 Å². The highest BCUT2D eigenvalue weighted by atomic mass is 19.1. The van der Waals surface area contributed by atoms with E-state index in [9.17, 15) is 18.8 Å². The zero-order valence-corrected chi connectivity index (χ0v) is 15.3. The van der Waals surface area contributed by atoms with Crippen molar-refractivity contribution in [3.05, 3.63) is 59.9 Å². The van der Waals surface area contributed by atoms with Gasteiger partial charge in [-0.2, -0.15) is 0 Å². The van der Waals surface area contributed by atoms with Crippen molar-refractivity contribution < 1.29 is 23.5 Å². The first-order valence-corrected chi connectivity index (χ1v) is 9.08. The number of amides is 3. The molecule has 2 fully saturated rings. The van der Waals surface area contributed by atoms with Crippen LogP contribution in [0.1, 0.15) is 29.6 Å². The number of rotatable bonds is 5. The molecule has 0 bridgehead atoms. The van der Waals surface area contributed by atoms with Gasteiger partial charge in [0.25, 0.3) is 11.8 Å². The molecule has 0 aromatic heterocycles. The van der Waals surface area contributed by atoms with Crippen LogP contribution in [0.4, 0.5) is 10.1 Å². The highest BCUT2D eigenvalue weighted by Crippen LogP contribution is 2.35. The quantitative estimate of drug-likeness (QED) is 0.746. The Labute approximate surface area is 161 Å². The summed E-state index contributed by atoms with van der Waals surface area (Å²) >= 11 is 0. The molecule has 0 radical (unpaired) electrons. The van der Waals surface area contributed by atoms with Crippen molar-refractivity contribution >= 4 is 23.4 Å². The third-order valence-corrected chi connectivity index (χ3v) is 5.03. The van der Waals surface area contributed by atoms with Crippen LogP contribution < -0.4 is 9.64 Å². The molecule has 1 aliphatic heterocycles. The molecule has 3 amide bonds. The Morgan fingerprint density at radius 1 is 1.14 bits per heavy atom. The predicted molar refractivity (Wildman–Crippen MR) is 99.5 cm³/mol. The molecule has 1 aliphatic carbocycles. The number of carbonyl (C=O) groups excluding carboxylic acids is 3. The third-order valence-electron chi connectivity index (χ3n) is 5.03. The third kappa shape index (κ3) is 3.24. The summed E-state index contributed by atoms with van der Waals surface area (Å²) in [5.74, 6) is -1.06. The van der Waals surface area contributed by atoms with Crippen molar-refractivity contribution in [2.45, 2.75) is 31.3 Å². The van der Waals surface area contributed by atoms with E-state index in [1.165, 1.54) is 36.3 Å². The lowest BCUT2D eigenvalue weighted by atomic mass is 10.1. The first-order chi connectivity index (χ1) is 13.5. The van der Waals surface area contributed by atoms with Gasteiger partial charge in [-0.3, -0.25) is 14.4 Å². The van der Waals surface area contributed by atoms with Crippen LogP contribution in [0.2, 0.25) is 0 Å². The van der Waals surface area contributed by atoms with Gasteiger partial charge >= 0.3 is 0 Å². The molecule has 0 N–H and O–H groups in total. The number of ether oxygens (including phenoxy) is 1. The minimum absolute atomic E-state index is 0.0615. The molecule has 7 heteroatoms. The molecule has 28 heavy (non-hydrogen) atoms. The van der Waals surface area contributed by atoms with E-state index in [0.717, 1.165) is 17.7 Å².